The van der Waals surface area contributed by atoms with Gasteiger partial charge in [0.15, 0.2) is 0 Å². The first-order valence-electron chi connectivity index (χ1n) is 6.22. The molecule has 3 nitrogen and oxygen atoms in total. The van der Waals surface area contributed by atoms with Crippen LogP contribution in [0.25, 0.3) is 0 Å². The normalized spacial score (nSPS) is 14.3. The van der Waals surface area contributed by atoms with Gasteiger partial charge in [-0.3, -0.25) is 4.79 Å². The number of nitrogens with two attached hydrogens (primary N) is 1. The lowest BCUT2D eigenvalue weighted by Crippen LogP contribution is -2.32. The minimum atomic E-state index is 0.0178. The van der Waals surface area contributed by atoms with Crippen LogP contribution >= 0.6 is 11.8 Å². The van der Waals surface area contributed by atoms with E-state index in [1.807, 2.05) is 39.0 Å². The number of hydrogen-bond donors (Lipinski definition) is 2. The summed E-state index contributed by atoms with van der Waals surface area (Å²) in [5.41, 5.74) is 7.18. The number of rotatable bonds is 6. The van der Waals surface area contributed by atoms with Gasteiger partial charge in [0.05, 0.1) is 5.75 Å². The number of nitrogens with one attached hydrogen (secondary N) is 1. The van der Waals surface area contributed by atoms with Crippen LogP contribution in [-0.2, 0) is 4.79 Å². The van der Waals surface area contributed by atoms with Crippen molar-refractivity contribution in [3.63, 3.8) is 0 Å². The molecule has 0 heterocycles. The van der Waals surface area contributed by atoms with E-state index in [1.165, 1.54) is 5.56 Å². The molecule has 0 saturated heterocycles. The first kappa shape index (κ1) is 15.1. The maximum absolute atomic E-state index is 11.6. The summed E-state index contributed by atoms with van der Waals surface area (Å²) in [6.45, 7) is 5.90. The lowest BCUT2D eigenvalue weighted by atomic mass is 10.1. The highest BCUT2D eigenvalue weighted by atomic mass is 32.2. The minimum Gasteiger partial charge on any atom is -0.353 e. The molecular weight excluding hydrogens is 244 g/mol. The van der Waals surface area contributed by atoms with E-state index >= 15 is 0 Å². The van der Waals surface area contributed by atoms with Gasteiger partial charge in [0.25, 0.3) is 0 Å². The molecule has 1 aromatic carbocycles. The number of amides is 1. The number of hydrogen-bond acceptors (Lipinski definition) is 3. The molecule has 4 heteroatoms. The highest BCUT2D eigenvalue weighted by Crippen LogP contribution is 2.30. The molecule has 0 spiro atoms. The van der Waals surface area contributed by atoms with Crippen LogP contribution in [0.5, 0.6) is 0 Å². The Labute approximate surface area is 114 Å². The third kappa shape index (κ3) is 5.10. The fourth-order valence-corrected chi connectivity index (χ4v) is 2.79. The quantitative estimate of drug-likeness (QED) is 0.831. The van der Waals surface area contributed by atoms with Crippen LogP contribution in [0.1, 0.15) is 31.6 Å². The van der Waals surface area contributed by atoms with Gasteiger partial charge in [-0.2, -0.15) is 0 Å². The van der Waals surface area contributed by atoms with E-state index < -0.39 is 0 Å². The Morgan fingerprint density at radius 3 is 2.39 bits per heavy atom. The number of thioether (sulfide) groups is 1. The average molecular weight is 266 g/mol. The van der Waals surface area contributed by atoms with Gasteiger partial charge in [-0.15, -0.1) is 11.8 Å². The van der Waals surface area contributed by atoms with Gasteiger partial charge in [-0.1, -0.05) is 30.3 Å². The second kappa shape index (κ2) is 7.44. The molecule has 0 bridgehead atoms. The highest BCUT2D eigenvalue weighted by Gasteiger charge is 2.18. The maximum Gasteiger partial charge on any atom is 0.230 e. The fourth-order valence-electron chi connectivity index (χ4n) is 1.72. The fraction of sp³-hybridized carbons (Fsp3) is 0.500. The molecule has 0 aliphatic carbocycles. The number of carbonyl (C=O) groups is 1. The van der Waals surface area contributed by atoms with Crippen molar-refractivity contribution < 1.29 is 4.79 Å². The second-order valence-corrected chi connectivity index (χ2v) is 5.85. The van der Waals surface area contributed by atoms with Crippen molar-refractivity contribution in [2.75, 3.05) is 5.75 Å². The summed E-state index contributed by atoms with van der Waals surface area (Å²) in [5, 5.41) is 3.04. The molecule has 100 valence electrons. The third-order valence-electron chi connectivity index (χ3n) is 2.45. The lowest BCUT2D eigenvalue weighted by Gasteiger charge is -2.20. The standard InChI is InChI=1S/C14H22N2OS/c1-10(2)16-13(17)9-18-14(11(3)15)12-7-5-4-6-8-12/h4-8,10-11,14H,9,15H2,1-3H3,(H,16,17). The van der Waals surface area contributed by atoms with Crippen molar-refractivity contribution in [1.29, 1.82) is 0 Å². The largest absolute Gasteiger partial charge is 0.353 e. The van der Waals surface area contributed by atoms with Crippen molar-refractivity contribution in [3.8, 4) is 0 Å². The molecule has 2 atom stereocenters. The van der Waals surface area contributed by atoms with E-state index in [4.69, 9.17) is 5.73 Å². The van der Waals surface area contributed by atoms with Crippen molar-refractivity contribution in [2.24, 2.45) is 5.73 Å². The molecule has 0 aliphatic rings. The Bertz CT molecular complexity index is 365. The van der Waals surface area contributed by atoms with Crippen LogP contribution < -0.4 is 11.1 Å². The molecule has 1 rings (SSSR count). The van der Waals surface area contributed by atoms with Gasteiger partial charge in [0, 0.05) is 17.3 Å². The van der Waals surface area contributed by atoms with E-state index in [-0.39, 0.29) is 23.2 Å². The molecule has 3 N–H and O–H groups in total. The summed E-state index contributed by atoms with van der Waals surface area (Å²) < 4.78 is 0. The molecule has 1 aromatic rings. The van der Waals surface area contributed by atoms with Crippen LogP contribution in [0.4, 0.5) is 0 Å². The molecule has 0 aliphatic heterocycles. The molecule has 2 unspecified atom stereocenters. The number of carbonyl (C=O) groups excluding carboxylic acids is 1. The summed E-state index contributed by atoms with van der Waals surface area (Å²) >= 11 is 1.60. The maximum atomic E-state index is 11.6. The van der Waals surface area contributed by atoms with Crippen molar-refractivity contribution in [3.05, 3.63) is 35.9 Å². The average Bonchev–Trinajstić information content (AvgIpc) is 2.29. The van der Waals surface area contributed by atoms with Crippen LogP contribution in [0.2, 0.25) is 0 Å². The van der Waals surface area contributed by atoms with E-state index in [1.54, 1.807) is 11.8 Å². The van der Waals surface area contributed by atoms with Gasteiger partial charge >= 0.3 is 0 Å². The Hall–Kier alpha value is -1.00. The van der Waals surface area contributed by atoms with Gasteiger partial charge < -0.3 is 11.1 Å². The Balaban J connectivity index is 2.57. The molecule has 0 fully saturated rings. The van der Waals surface area contributed by atoms with Gasteiger partial charge in [-0.25, -0.2) is 0 Å². The van der Waals surface area contributed by atoms with Gasteiger partial charge in [0.1, 0.15) is 0 Å². The van der Waals surface area contributed by atoms with E-state index in [0.717, 1.165) is 0 Å². The first-order chi connectivity index (χ1) is 8.50. The van der Waals surface area contributed by atoms with Crippen LogP contribution in [0.3, 0.4) is 0 Å². The predicted octanol–water partition coefficient (Wildman–Crippen LogP) is 2.33. The molecule has 1 amide bonds. The summed E-state index contributed by atoms with van der Waals surface area (Å²) in [4.78, 5) is 11.6. The SMILES string of the molecule is CC(C)NC(=O)CSC(c1ccccc1)C(C)N. The molecule has 18 heavy (non-hydrogen) atoms. The van der Waals surface area contributed by atoms with Crippen LogP contribution in [0, 0.1) is 0 Å². The predicted molar refractivity (Wildman–Crippen MR) is 78.6 cm³/mol. The lowest BCUT2D eigenvalue weighted by molar-refractivity contribution is -0.119. The Morgan fingerprint density at radius 1 is 1.28 bits per heavy atom. The molecule has 0 radical (unpaired) electrons. The Morgan fingerprint density at radius 2 is 1.89 bits per heavy atom. The smallest absolute Gasteiger partial charge is 0.230 e. The van der Waals surface area contributed by atoms with Gasteiger partial charge in [0.2, 0.25) is 5.91 Å². The topological polar surface area (TPSA) is 55.1 Å². The van der Waals surface area contributed by atoms with Crippen molar-refractivity contribution >= 4 is 17.7 Å². The Kier molecular flexibility index (Phi) is 6.22. The third-order valence-corrected chi connectivity index (χ3v) is 3.94. The van der Waals surface area contributed by atoms with Gasteiger partial charge in [-0.05, 0) is 26.3 Å². The van der Waals surface area contributed by atoms with Crippen LogP contribution in [-0.4, -0.2) is 23.7 Å². The monoisotopic (exact) mass is 266 g/mol. The zero-order valence-electron chi connectivity index (χ0n) is 11.2. The summed E-state index contributed by atoms with van der Waals surface area (Å²) in [5.74, 6) is 0.510. The first-order valence-corrected chi connectivity index (χ1v) is 7.27. The summed E-state index contributed by atoms with van der Waals surface area (Å²) in [7, 11) is 0. The summed E-state index contributed by atoms with van der Waals surface area (Å²) in [6.07, 6.45) is 0. The molecule has 0 saturated carbocycles. The van der Waals surface area contributed by atoms with E-state index in [9.17, 15) is 4.79 Å². The zero-order chi connectivity index (χ0) is 13.5. The number of benzene rings is 1. The molecular formula is C14H22N2OS. The van der Waals surface area contributed by atoms with Crippen molar-refractivity contribution in [1.82, 2.24) is 5.32 Å². The zero-order valence-corrected chi connectivity index (χ0v) is 12.0. The molecule has 0 aromatic heterocycles. The van der Waals surface area contributed by atoms with E-state index in [0.29, 0.717) is 5.75 Å². The summed E-state index contributed by atoms with van der Waals surface area (Å²) in [6, 6.07) is 10.3. The minimum absolute atomic E-state index is 0.0178. The second-order valence-electron chi connectivity index (χ2n) is 4.72. The van der Waals surface area contributed by atoms with E-state index in [2.05, 4.69) is 17.4 Å². The van der Waals surface area contributed by atoms with Crippen molar-refractivity contribution in [2.45, 2.75) is 38.1 Å². The van der Waals surface area contributed by atoms with Crippen LogP contribution in [0.15, 0.2) is 30.3 Å². The highest BCUT2D eigenvalue weighted by molar-refractivity contribution is 8.00.